The second kappa shape index (κ2) is 5.85. The molecule has 102 valence electrons. The van der Waals surface area contributed by atoms with Crippen molar-refractivity contribution in [3.63, 3.8) is 0 Å². The summed E-state index contributed by atoms with van der Waals surface area (Å²) in [5.74, 6) is 0. The van der Waals surface area contributed by atoms with Crippen LogP contribution in [0.1, 0.15) is 51.8 Å². The molecule has 2 rings (SSSR count). The molecular weight excluding hydrogens is 226 g/mol. The summed E-state index contributed by atoms with van der Waals surface area (Å²) in [7, 11) is 0. The van der Waals surface area contributed by atoms with Gasteiger partial charge in [0.25, 0.3) is 0 Å². The Bertz CT molecular complexity index is 369. The fraction of sp³-hybridized carbons (Fsp3) is 0.786. The summed E-state index contributed by atoms with van der Waals surface area (Å²) in [4.78, 5) is 0. The maximum Gasteiger partial charge on any atom is 0.0864 e. The van der Waals surface area contributed by atoms with Crippen molar-refractivity contribution in [2.75, 3.05) is 13.2 Å². The van der Waals surface area contributed by atoms with Crippen LogP contribution in [0.15, 0.2) is 12.3 Å². The molecular formula is C14H25N3O. The minimum absolute atomic E-state index is 0.0951. The van der Waals surface area contributed by atoms with Crippen LogP contribution >= 0.6 is 0 Å². The van der Waals surface area contributed by atoms with Crippen LogP contribution in [-0.2, 0) is 11.3 Å². The van der Waals surface area contributed by atoms with Gasteiger partial charge in [0.1, 0.15) is 0 Å². The second-order valence-electron chi connectivity index (χ2n) is 5.22. The third kappa shape index (κ3) is 2.59. The molecule has 0 spiro atoms. The van der Waals surface area contributed by atoms with Crippen molar-refractivity contribution in [3.8, 4) is 0 Å². The Morgan fingerprint density at radius 3 is 3.00 bits per heavy atom. The third-order valence-corrected chi connectivity index (χ3v) is 3.80. The van der Waals surface area contributed by atoms with Crippen molar-refractivity contribution in [2.45, 2.75) is 58.2 Å². The topological polar surface area (TPSA) is 39.1 Å². The lowest BCUT2D eigenvalue weighted by Gasteiger charge is -2.34. The molecule has 1 N–H and O–H groups in total. The molecule has 0 aromatic carbocycles. The summed E-state index contributed by atoms with van der Waals surface area (Å²) in [5, 5.41) is 8.03. The number of hydrogen-bond donors (Lipinski definition) is 1. The third-order valence-electron chi connectivity index (χ3n) is 3.80. The number of ether oxygens (including phenoxy) is 1. The van der Waals surface area contributed by atoms with Crippen molar-refractivity contribution in [1.29, 1.82) is 0 Å². The Morgan fingerprint density at radius 2 is 2.39 bits per heavy atom. The van der Waals surface area contributed by atoms with Crippen LogP contribution in [-0.4, -0.2) is 28.5 Å². The maximum absolute atomic E-state index is 6.02. The first-order valence-corrected chi connectivity index (χ1v) is 7.10. The normalized spacial score (nSPS) is 25.5. The molecule has 2 heterocycles. The molecule has 1 fully saturated rings. The first-order valence-electron chi connectivity index (χ1n) is 7.10. The van der Waals surface area contributed by atoms with Crippen LogP contribution in [0.2, 0.25) is 0 Å². The van der Waals surface area contributed by atoms with Gasteiger partial charge in [-0.25, -0.2) is 0 Å². The lowest BCUT2D eigenvalue weighted by molar-refractivity contribution is -0.0147. The molecule has 1 aromatic heterocycles. The Hall–Kier alpha value is -0.870. The number of hydrogen-bond acceptors (Lipinski definition) is 3. The minimum Gasteiger partial charge on any atom is -0.373 e. The Kier molecular flexibility index (Phi) is 4.40. The summed E-state index contributed by atoms with van der Waals surface area (Å²) in [6.07, 6.45) is 5.29. The number of rotatable bonds is 6. The predicted octanol–water partition coefficient (Wildman–Crippen LogP) is 2.51. The van der Waals surface area contributed by atoms with E-state index >= 15 is 0 Å². The SMILES string of the molecule is CCCNC(c1ccnn1CC)C1(C)CCCO1. The Balaban J connectivity index is 2.24. The highest BCUT2D eigenvalue weighted by Gasteiger charge is 2.40. The summed E-state index contributed by atoms with van der Waals surface area (Å²) >= 11 is 0. The first-order chi connectivity index (χ1) is 8.71. The van der Waals surface area contributed by atoms with E-state index < -0.39 is 0 Å². The van der Waals surface area contributed by atoms with E-state index in [0.29, 0.717) is 0 Å². The van der Waals surface area contributed by atoms with Crippen LogP contribution in [0.3, 0.4) is 0 Å². The van der Waals surface area contributed by atoms with Crippen LogP contribution in [0.25, 0.3) is 0 Å². The summed E-state index contributed by atoms with van der Waals surface area (Å²) in [6, 6.07) is 2.35. The highest BCUT2D eigenvalue weighted by Crippen LogP contribution is 2.37. The fourth-order valence-electron chi connectivity index (χ4n) is 2.80. The highest BCUT2D eigenvalue weighted by molar-refractivity contribution is 5.13. The molecule has 0 aliphatic carbocycles. The summed E-state index contributed by atoms with van der Waals surface area (Å²) < 4.78 is 8.09. The number of aryl methyl sites for hydroxylation is 1. The van der Waals surface area contributed by atoms with Gasteiger partial charge in [0.15, 0.2) is 0 Å². The van der Waals surface area contributed by atoms with E-state index in [-0.39, 0.29) is 11.6 Å². The summed E-state index contributed by atoms with van der Waals surface area (Å²) in [6.45, 7) is 9.34. The van der Waals surface area contributed by atoms with Gasteiger partial charge in [-0.3, -0.25) is 4.68 Å². The van der Waals surface area contributed by atoms with E-state index in [1.54, 1.807) is 0 Å². The molecule has 4 heteroatoms. The molecule has 0 radical (unpaired) electrons. The van der Waals surface area contributed by atoms with Crippen molar-refractivity contribution in [1.82, 2.24) is 15.1 Å². The lowest BCUT2D eigenvalue weighted by Crippen LogP contribution is -2.42. The van der Waals surface area contributed by atoms with Crippen molar-refractivity contribution in [3.05, 3.63) is 18.0 Å². The monoisotopic (exact) mass is 251 g/mol. The van der Waals surface area contributed by atoms with E-state index in [1.165, 1.54) is 5.69 Å². The second-order valence-corrected chi connectivity index (χ2v) is 5.22. The molecule has 0 bridgehead atoms. The van der Waals surface area contributed by atoms with E-state index in [2.05, 4.69) is 41.9 Å². The molecule has 0 amide bonds. The van der Waals surface area contributed by atoms with Crippen molar-refractivity contribution < 1.29 is 4.74 Å². The average molecular weight is 251 g/mol. The van der Waals surface area contributed by atoms with E-state index in [4.69, 9.17) is 4.74 Å². The highest BCUT2D eigenvalue weighted by atomic mass is 16.5. The molecule has 2 unspecified atom stereocenters. The largest absolute Gasteiger partial charge is 0.373 e. The molecule has 2 atom stereocenters. The molecule has 4 nitrogen and oxygen atoms in total. The Morgan fingerprint density at radius 1 is 1.56 bits per heavy atom. The van der Waals surface area contributed by atoms with Crippen molar-refractivity contribution in [2.24, 2.45) is 0 Å². The smallest absolute Gasteiger partial charge is 0.0864 e. The summed E-state index contributed by atoms with van der Waals surface area (Å²) in [5.41, 5.74) is 1.15. The van der Waals surface area contributed by atoms with Gasteiger partial charge in [-0.2, -0.15) is 5.10 Å². The van der Waals surface area contributed by atoms with Gasteiger partial charge in [0.05, 0.1) is 17.3 Å². The molecule has 1 aliphatic heterocycles. The van der Waals surface area contributed by atoms with Gasteiger partial charge >= 0.3 is 0 Å². The molecule has 1 aromatic rings. The molecule has 18 heavy (non-hydrogen) atoms. The predicted molar refractivity (Wildman–Crippen MR) is 72.5 cm³/mol. The van der Waals surface area contributed by atoms with E-state index in [0.717, 1.165) is 39.0 Å². The van der Waals surface area contributed by atoms with Crippen LogP contribution in [0.4, 0.5) is 0 Å². The molecule has 1 aliphatic rings. The van der Waals surface area contributed by atoms with Gasteiger partial charge in [-0.15, -0.1) is 0 Å². The van der Waals surface area contributed by atoms with Gasteiger partial charge < -0.3 is 10.1 Å². The van der Waals surface area contributed by atoms with Gasteiger partial charge in [-0.1, -0.05) is 6.92 Å². The van der Waals surface area contributed by atoms with Gasteiger partial charge in [0.2, 0.25) is 0 Å². The zero-order valence-electron chi connectivity index (χ0n) is 11.8. The zero-order valence-corrected chi connectivity index (χ0v) is 11.8. The Labute approximate surface area is 110 Å². The number of aromatic nitrogens is 2. The quantitative estimate of drug-likeness (QED) is 0.844. The first kappa shape index (κ1) is 13.6. The standard InChI is InChI=1S/C14H25N3O/c1-4-9-15-13(14(3)8-6-11-18-14)12-7-10-16-17(12)5-2/h7,10,13,15H,4-6,8-9,11H2,1-3H3. The molecule has 1 saturated heterocycles. The molecule has 0 saturated carbocycles. The number of nitrogens with zero attached hydrogens (tertiary/aromatic N) is 2. The van der Waals surface area contributed by atoms with Crippen molar-refractivity contribution >= 4 is 0 Å². The van der Waals surface area contributed by atoms with Crippen LogP contribution in [0.5, 0.6) is 0 Å². The van der Waals surface area contributed by atoms with E-state index in [9.17, 15) is 0 Å². The van der Waals surface area contributed by atoms with Gasteiger partial charge in [-0.05, 0) is 45.7 Å². The number of nitrogens with one attached hydrogen (secondary N) is 1. The zero-order chi connectivity index (χ0) is 13.0. The fourth-order valence-corrected chi connectivity index (χ4v) is 2.80. The lowest BCUT2D eigenvalue weighted by atomic mass is 9.90. The average Bonchev–Trinajstić information content (AvgIpc) is 2.99. The van der Waals surface area contributed by atoms with E-state index in [1.807, 2.05) is 6.20 Å². The van der Waals surface area contributed by atoms with Gasteiger partial charge in [0, 0.05) is 19.3 Å². The van der Waals surface area contributed by atoms with Crippen LogP contribution < -0.4 is 5.32 Å². The van der Waals surface area contributed by atoms with Crippen LogP contribution in [0, 0.1) is 0 Å². The maximum atomic E-state index is 6.02. The minimum atomic E-state index is -0.0951.